The Morgan fingerprint density at radius 2 is 1.95 bits per heavy atom. The van der Waals surface area contributed by atoms with Crippen LogP contribution >= 0.6 is 0 Å². The minimum absolute atomic E-state index is 0.298. The minimum atomic E-state index is -0.298. The van der Waals surface area contributed by atoms with Gasteiger partial charge in [-0.3, -0.25) is 4.90 Å². The highest BCUT2D eigenvalue weighted by atomic mass is 16.5. The van der Waals surface area contributed by atoms with Gasteiger partial charge in [-0.05, 0) is 31.0 Å². The number of aliphatic hydroxyl groups excluding tert-OH is 1. The largest absolute Gasteiger partial charge is 0.492 e. The van der Waals surface area contributed by atoms with E-state index in [1.54, 1.807) is 6.92 Å². The number of rotatable bonds is 6. The van der Waals surface area contributed by atoms with Crippen LogP contribution in [0.25, 0.3) is 0 Å². The molecule has 0 spiro atoms. The van der Waals surface area contributed by atoms with E-state index in [4.69, 9.17) is 9.47 Å². The summed E-state index contributed by atoms with van der Waals surface area (Å²) < 4.78 is 11.0. The number of nitrogens with zero attached hydrogens (tertiary/aromatic N) is 1. The first-order valence-corrected chi connectivity index (χ1v) is 6.94. The van der Waals surface area contributed by atoms with E-state index in [9.17, 15) is 5.11 Å². The van der Waals surface area contributed by atoms with Gasteiger partial charge in [0.1, 0.15) is 12.4 Å². The second kappa shape index (κ2) is 7.48. The number of aliphatic hydroxyl groups is 1. The molecule has 1 fully saturated rings. The Bertz CT molecular complexity index is 358. The van der Waals surface area contributed by atoms with E-state index in [2.05, 4.69) is 4.90 Å². The van der Waals surface area contributed by atoms with Gasteiger partial charge < -0.3 is 14.6 Å². The highest BCUT2D eigenvalue weighted by Crippen LogP contribution is 2.13. The molecule has 1 aliphatic heterocycles. The van der Waals surface area contributed by atoms with Crippen molar-refractivity contribution < 1.29 is 14.6 Å². The van der Waals surface area contributed by atoms with Gasteiger partial charge in [0, 0.05) is 19.6 Å². The van der Waals surface area contributed by atoms with Crippen LogP contribution in [-0.2, 0) is 11.2 Å². The SMILES string of the molecule is CC(O)Cc1ccc(OCCN2CCOCC2)cc1. The second-order valence-corrected chi connectivity index (χ2v) is 5.00. The molecule has 0 aromatic heterocycles. The molecule has 1 atom stereocenters. The summed E-state index contributed by atoms with van der Waals surface area (Å²) in [4.78, 5) is 2.35. The van der Waals surface area contributed by atoms with Crippen LogP contribution < -0.4 is 4.74 Å². The van der Waals surface area contributed by atoms with Crippen molar-refractivity contribution in [2.45, 2.75) is 19.4 Å². The van der Waals surface area contributed by atoms with Gasteiger partial charge in [0.15, 0.2) is 0 Å². The van der Waals surface area contributed by atoms with Crippen molar-refractivity contribution in [3.05, 3.63) is 29.8 Å². The molecule has 4 nitrogen and oxygen atoms in total. The summed E-state index contributed by atoms with van der Waals surface area (Å²) in [6.07, 6.45) is 0.390. The predicted molar refractivity (Wildman–Crippen MR) is 74.6 cm³/mol. The predicted octanol–water partition coefficient (Wildman–Crippen LogP) is 1.32. The zero-order valence-electron chi connectivity index (χ0n) is 11.5. The Kier molecular flexibility index (Phi) is 5.63. The summed E-state index contributed by atoms with van der Waals surface area (Å²) >= 11 is 0. The fourth-order valence-corrected chi connectivity index (χ4v) is 2.18. The number of benzene rings is 1. The van der Waals surface area contributed by atoms with Crippen LogP contribution in [0.3, 0.4) is 0 Å². The van der Waals surface area contributed by atoms with Crippen LogP contribution in [0.5, 0.6) is 5.75 Å². The molecule has 0 bridgehead atoms. The third-order valence-electron chi connectivity index (χ3n) is 3.23. The van der Waals surface area contributed by atoms with E-state index >= 15 is 0 Å². The van der Waals surface area contributed by atoms with Crippen molar-refractivity contribution in [1.29, 1.82) is 0 Å². The van der Waals surface area contributed by atoms with Crippen molar-refractivity contribution in [1.82, 2.24) is 4.90 Å². The normalized spacial score (nSPS) is 18.2. The summed E-state index contributed by atoms with van der Waals surface area (Å²) in [6, 6.07) is 7.96. The van der Waals surface area contributed by atoms with Crippen molar-refractivity contribution in [3.63, 3.8) is 0 Å². The molecule has 1 heterocycles. The minimum Gasteiger partial charge on any atom is -0.492 e. The van der Waals surface area contributed by atoms with Crippen molar-refractivity contribution in [2.75, 3.05) is 39.5 Å². The summed E-state index contributed by atoms with van der Waals surface area (Å²) in [5, 5.41) is 9.31. The average molecular weight is 265 g/mol. The molecule has 4 heteroatoms. The number of ether oxygens (including phenoxy) is 2. The maximum Gasteiger partial charge on any atom is 0.119 e. The zero-order chi connectivity index (χ0) is 13.5. The molecule has 0 aliphatic carbocycles. The van der Waals surface area contributed by atoms with Crippen molar-refractivity contribution >= 4 is 0 Å². The third-order valence-corrected chi connectivity index (χ3v) is 3.23. The zero-order valence-corrected chi connectivity index (χ0v) is 11.5. The second-order valence-electron chi connectivity index (χ2n) is 5.00. The molecular weight excluding hydrogens is 242 g/mol. The molecule has 1 aliphatic rings. The van der Waals surface area contributed by atoms with E-state index in [0.29, 0.717) is 13.0 Å². The number of hydrogen-bond acceptors (Lipinski definition) is 4. The number of hydrogen-bond donors (Lipinski definition) is 1. The summed E-state index contributed by atoms with van der Waals surface area (Å²) in [6.45, 7) is 7.09. The highest BCUT2D eigenvalue weighted by Gasteiger charge is 2.09. The fourth-order valence-electron chi connectivity index (χ4n) is 2.18. The lowest BCUT2D eigenvalue weighted by atomic mass is 10.1. The van der Waals surface area contributed by atoms with Crippen LogP contribution in [-0.4, -0.2) is 55.6 Å². The molecule has 1 N–H and O–H groups in total. The molecule has 106 valence electrons. The van der Waals surface area contributed by atoms with Crippen LogP contribution in [0.4, 0.5) is 0 Å². The van der Waals surface area contributed by atoms with Gasteiger partial charge in [-0.2, -0.15) is 0 Å². The summed E-state index contributed by atoms with van der Waals surface area (Å²) in [7, 11) is 0. The summed E-state index contributed by atoms with van der Waals surface area (Å²) in [5.74, 6) is 0.891. The lowest BCUT2D eigenvalue weighted by molar-refractivity contribution is 0.0322. The molecular formula is C15H23NO3. The first-order valence-electron chi connectivity index (χ1n) is 6.94. The van der Waals surface area contributed by atoms with Gasteiger partial charge in [-0.1, -0.05) is 12.1 Å². The summed E-state index contributed by atoms with van der Waals surface area (Å²) in [5.41, 5.74) is 1.13. The van der Waals surface area contributed by atoms with Crippen LogP contribution in [0, 0.1) is 0 Å². The van der Waals surface area contributed by atoms with Crippen molar-refractivity contribution in [2.24, 2.45) is 0 Å². The molecule has 19 heavy (non-hydrogen) atoms. The van der Waals surface area contributed by atoms with Crippen LogP contribution in [0.15, 0.2) is 24.3 Å². The topological polar surface area (TPSA) is 41.9 Å². The molecule has 0 radical (unpaired) electrons. The number of morpholine rings is 1. The molecule has 0 amide bonds. The first kappa shape index (κ1) is 14.3. The third kappa shape index (κ3) is 5.19. The quantitative estimate of drug-likeness (QED) is 0.842. The highest BCUT2D eigenvalue weighted by molar-refractivity contribution is 5.27. The average Bonchev–Trinajstić information content (AvgIpc) is 2.41. The maximum atomic E-state index is 9.31. The molecule has 1 saturated heterocycles. The Hall–Kier alpha value is -1.10. The van der Waals surface area contributed by atoms with E-state index in [0.717, 1.165) is 44.2 Å². The van der Waals surface area contributed by atoms with Crippen LogP contribution in [0.2, 0.25) is 0 Å². The first-order chi connectivity index (χ1) is 9.24. The Balaban J connectivity index is 1.70. The van der Waals surface area contributed by atoms with Gasteiger partial charge in [0.05, 0.1) is 19.3 Å². The molecule has 2 rings (SSSR count). The van der Waals surface area contributed by atoms with Gasteiger partial charge in [-0.15, -0.1) is 0 Å². The fraction of sp³-hybridized carbons (Fsp3) is 0.600. The lowest BCUT2D eigenvalue weighted by Gasteiger charge is -2.26. The van der Waals surface area contributed by atoms with Crippen LogP contribution in [0.1, 0.15) is 12.5 Å². The lowest BCUT2D eigenvalue weighted by Crippen LogP contribution is -2.38. The van der Waals surface area contributed by atoms with Gasteiger partial charge in [-0.25, -0.2) is 0 Å². The monoisotopic (exact) mass is 265 g/mol. The van der Waals surface area contributed by atoms with E-state index < -0.39 is 0 Å². The van der Waals surface area contributed by atoms with E-state index in [-0.39, 0.29) is 6.10 Å². The Morgan fingerprint density at radius 1 is 1.26 bits per heavy atom. The Labute approximate surface area is 114 Å². The molecule has 1 unspecified atom stereocenters. The molecule has 1 aromatic carbocycles. The van der Waals surface area contributed by atoms with Gasteiger partial charge in [0.2, 0.25) is 0 Å². The van der Waals surface area contributed by atoms with Gasteiger partial charge >= 0.3 is 0 Å². The standard InChI is InChI=1S/C15H23NO3/c1-13(17)12-14-2-4-15(5-3-14)19-11-8-16-6-9-18-10-7-16/h2-5,13,17H,6-12H2,1H3. The maximum absolute atomic E-state index is 9.31. The van der Waals surface area contributed by atoms with Crippen molar-refractivity contribution in [3.8, 4) is 5.75 Å². The van der Waals surface area contributed by atoms with E-state index in [1.165, 1.54) is 0 Å². The van der Waals surface area contributed by atoms with E-state index in [1.807, 2.05) is 24.3 Å². The molecule has 0 saturated carbocycles. The Morgan fingerprint density at radius 3 is 2.58 bits per heavy atom. The molecule has 1 aromatic rings. The van der Waals surface area contributed by atoms with Gasteiger partial charge in [0.25, 0.3) is 0 Å². The smallest absolute Gasteiger partial charge is 0.119 e.